The first-order valence-electron chi connectivity index (χ1n) is 8.24. The number of hydrogen-bond acceptors (Lipinski definition) is 3. The minimum absolute atomic E-state index is 0.135. The number of carbonyl (C=O) groups is 1. The van der Waals surface area contributed by atoms with Gasteiger partial charge in [-0.25, -0.2) is 4.79 Å². The summed E-state index contributed by atoms with van der Waals surface area (Å²) in [6.45, 7) is 0.795. The fourth-order valence-electron chi connectivity index (χ4n) is 3.37. The van der Waals surface area contributed by atoms with Crippen molar-refractivity contribution in [2.45, 2.75) is 50.1 Å². The summed E-state index contributed by atoms with van der Waals surface area (Å²) in [5.74, 6) is 0.0440. The van der Waals surface area contributed by atoms with Gasteiger partial charge in [0.1, 0.15) is 11.9 Å². The highest BCUT2D eigenvalue weighted by atomic mass is 35.5. The highest BCUT2D eigenvalue weighted by Crippen LogP contribution is 2.34. The largest absolute Gasteiger partial charge is 0.573 e. The molecule has 0 bridgehead atoms. The van der Waals surface area contributed by atoms with Gasteiger partial charge in [0.2, 0.25) is 0 Å². The monoisotopic (exact) mass is 377 g/mol. The Hall–Kier alpha value is -1.63. The van der Waals surface area contributed by atoms with Crippen molar-refractivity contribution in [3.8, 4) is 5.75 Å². The highest BCUT2D eigenvalue weighted by Gasteiger charge is 2.38. The van der Waals surface area contributed by atoms with E-state index in [2.05, 4.69) is 4.74 Å². The predicted molar refractivity (Wildman–Crippen MR) is 85.4 cm³/mol. The average Bonchev–Trinajstić information content (AvgIpc) is 2.89. The summed E-state index contributed by atoms with van der Waals surface area (Å²) >= 11 is 6.11. The average molecular weight is 378 g/mol. The molecule has 0 aromatic heterocycles. The van der Waals surface area contributed by atoms with Crippen molar-refractivity contribution in [1.82, 2.24) is 4.90 Å². The Morgan fingerprint density at radius 2 is 1.80 bits per heavy atom. The highest BCUT2D eigenvalue weighted by molar-refractivity contribution is 6.20. The smallest absolute Gasteiger partial charge is 0.444 e. The van der Waals surface area contributed by atoms with E-state index in [-0.39, 0.29) is 23.3 Å². The lowest BCUT2D eigenvalue weighted by Gasteiger charge is -2.28. The maximum Gasteiger partial charge on any atom is 0.573 e. The maximum absolute atomic E-state index is 12.2. The SMILES string of the molecule is O=C1OC(C2CCC(Cl)CC2)CN1Cc1ccc(OC(F)(F)F)cc1. The van der Waals surface area contributed by atoms with Crippen LogP contribution in [0.4, 0.5) is 18.0 Å². The van der Waals surface area contributed by atoms with Crippen LogP contribution in [0.3, 0.4) is 0 Å². The summed E-state index contributed by atoms with van der Waals surface area (Å²) in [6.07, 6.45) is -1.47. The molecule has 1 atom stereocenters. The summed E-state index contributed by atoms with van der Waals surface area (Å²) in [5, 5.41) is 0.210. The maximum atomic E-state index is 12.2. The van der Waals surface area contributed by atoms with Crippen LogP contribution in [0, 0.1) is 5.92 Å². The van der Waals surface area contributed by atoms with Crippen LogP contribution in [0.1, 0.15) is 31.2 Å². The first-order chi connectivity index (χ1) is 11.8. The van der Waals surface area contributed by atoms with Crippen molar-refractivity contribution >= 4 is 17.7 Å². The van der Waals surface area contributed by atoms with Crippen LogP contribution >= 0.6 is 11.6 Å². The van der Waals surface area contributed by atoms with Crippen LogP contribution in [0.25, 0.3) is 0 Å². The molecule has 2 fully saturated rings. The minimum atomic E-state index is -4.71. The molecule has 1 amide bonds. The van der Waals surface area contributed by atoms with E-state index in [1.54, 1.807) is 4.90 Å². The van der Waals surface area contributed by atoms with Gasteiger partial charge in [-0.3, -0.25) is 0 Å². The standard InChI is InChI=1S/C17H19ClF3NO3/c18-13-5-3-12(4-6-13)15-10-22(16(23)24-15)9-11-1-7-14(8-2-11)25-17(19,20)21/h1-2,7-8,12-13,15H,3-6,9-10H2. The molecule has 8 heteroatoms. The molecular formula is C17H19ClF3NO3. The Bertz CT molecular complexity index is 600. The number of hydrogen-bond donors (Lipinski definition) is 0. The van der Waals surface area contributed by atoms with Crippen LogP contribution in [0.15, 0.2) is 24.3 Å². The first kappa shape index (κ1) is 18.2. The lowest BCUT2D eigenvalue weighted by Crippen LogP contribution is -2.30. The third kappa shape index (κ3) is 4.93. The van der Waals surface area contributed by atoms with E-state index >= 15 is 0 Å². The van der Waals surface area contributed by atoms with Crippen LogP contribution in [-0.2, 0) is 11.3 Å². The van der Waals surface area contributed by atoms with Gasteiger partial charge >= 0.3 is 12.5 Å². The molecular weight excluding hydrogens is 359 g/mol. The van der Waals surface area contributed by atoms with E-state index in [1.165, 1.54) is 24.3 Å². The number of benzene rings is 1. The van der Waals surface area contributed by atoms with Gasteiger partial charge in [-0.05, 0) is 49.3 Å². The topological polar surface area (TPSA) is 38.8 Å². The predicted octanol–water partition coefficient (Wildman–Crippen LogP) is 4.70. The zero-order valence-corrected chi connectivity index (χ0v) is 14.2. The summed E-state index contributed by atoms with van der Waals surface area (Å²) < 4.78 is 45.8. The second-order valence-corrected chi connectivity index (χ2v) is 7.12. The molecule has 3 rings (SSSR count). The van der Waals surface area contributed by atoms with Crippen molar-refractivity contribution in [2.24, 2.45) is 5.92 Å². The molecule has 1 aliphatic carbocycles. The third-order valence-corrected chi connectivity index (χ3v) is 5.10. The number of carbonyl (C=O) groups excluding carboxylic acids is 1. The van der Waals surface area contributed by atoms with Crippen LogP contribution in [0.5, 0.6) is 5.75 Å². The Kier molecular flexibility index (Phi) is 5.32. The molecule has 2 aliphatic rings. The summed E-state index contributed by atoms with van der Waals surface area (Å²) in [4.78, 5) is 13.6. The van der Waals surface area contributed by atoms with E-state index in [0.717, 1.165) is 31.2 Å². The fraction of sp³-hybridized carbons (Fsp3) is 0.588. The number of amides is 1. The number of halogens is 4. The lowest BCUT2D eigenvalue weighted by molar-refractivity contribution is -0.274. The Balaban J connectivity index is 1.55. The zero-order valence-electron chi connectivity index (χ0n) is 13.5. The number of rotatable bonds is 4. The van der Waals surface area contributed by atoms with E-state index < -0.39 is 6.36 Å². The number of ether oxygens (including phenoxy) is 2. The van der Waals surface area contributed by atoms with Gasteiger partial charge < -0.3 is 14.4 Å². The summed E-state index contributed by atoms with van der Waals surface area (Å²) in [5.41, 5.74) is 0.719. The van der Waals surface area contributed by atoms with E-state index in [0.29, 0.717) is 19.0 Å². The molecule has 1 aromatic rings. The molecule has 138 valence electrons. The minimum Gasteiger partial charge on any atom is -0.444 e. The molecule has 25 heavy (non-hydrogen) atoms. The van der Waals surface area contributed by atoms with Gasteiger partial charge in [0.05, 0.1) is 6.54 Å². The van der Waals surface area contributed by atoms with Crippen LogP contribution in [0.2, 0.25) is 0 Å². The molecule has 1 unspecified atom stereocenters. The molecule has 1 aliphatic heterocycles. The van der Waals surface area contributed by atoms with E-state index in [4.69, 9.17) is 16.3 Å². The van der Waals surface area contributed by atoms with Gasteiger partial charge in [-0.1, -0.05) is 12.1 Å². The molecule has 1 aromatic carbocycles. The van der Waals surface area contributed by atoms with Crippen molar-refractivity contribution in [3.63, 3.8) is 0 Å². The molecule has 0 spiro atoms. The van der Waals surface area contributed by atoms with Gasteiger partial charge in [-0.15, -0.1) is 24.8 Å². The number of cyclic esters (lactones) is 1. The van der Waals surface area contributed by atoms with Gasteiger partial charge in [-0.2, -0.15) is 0 Å². The van der Waals surface area contributed by atoms with Gasteiger partial charge in [0, 0.05) is 11.9 Å². The first-order valence-corrected chi connectivity index (χ1v) is 8.68. The van der Waals surface area contributed by atoms with Crippen molar-refractivity contribution < 1.29 is 27.4 Å². The third-order valence-electron chi connectivity index (χ3n) is 4.67. The van der Waals surface area contributed by atoms with Gasteiger partial charge in [0.15, 0.2) is 0 Å². The lowest BCUT2D eigenvalue weighted by atomic mass is 9.85. The zero-order chi connectivity index (χ0) is 18.0. The van der Waals surface area contributed by atoms with Crippen molar-refractivity contribution in [2.75, 3.05) is 6.54 Å². The molecule has 0 N–H and O–H groups in total. The summed E-state index contributed by atoms with van der Waals surface area (Å²) in [7, 11) is 0. The molecule has 4 nitrogen and oxygen atoms in total. The second-order valence-electron chi connectivity index (χ2n) is 6.51. The number of nitrogens with zero attached hydrogens (tertiary/aromatic N) is 1. The van der Waals surface area contributed by atoms with Crippen molar-refractivity contribution in [3.05, 3.63) is 29.8 Å². The van der Waals surface area contributed by atoms with E-state index in [1.807, 2.05) is 0 Å². The normalized spacial score (nSPS) is 27.3. The number of alkyl halides is 4. The Labute approximate surface area is 148 Å². The van der Waals surface area contributed by atoms with E-state index in [9.17, 15) is 18.0 Å². The molecule has 0 radical (unpaired) electrons. The fourth-order valence-corrected chi connectivity index (χ4v) is 3.63. The molecule has 1 saturated heterocycles. The Morgan fingerprint density at radius 3 is 2.40 bits per heavy atom. The summed E-state index contributed by atoms with van der Waals surface area (Å²) in [6, 6.07) is 5.51. The quantitative estimate of drug-likeness (QED) is 0.714. The second kappa shape index (κ2) is 7.32. The van der Waals surface area contributed by atoms with Crippen molar-refractivity contribution in [1.29, 1.82) is 0 Å². The molecule has 1 saturated carbocycles. The van der Waals surface area contributed by atoms with Crippen LogP contribution in [-0.4, -0.2) is 35.4 Å². The molecule has 1 heterocycles. The van der Waals surface area contributed by atoms with Gasteiger partial charge in [0.25, 0.3) is 0 Å². The Morgan fingerprint density at radius 1 is 1.16 bits per heavy atom. The van der Waals surface area contributed by atoms with Crippen LogP contribution < -0.4 is 4.74 Å².